The summed E-state index contributed by atoms with van der Waals surface area (Å²) in [6.07, 6.45) is 1.79. The molecular weight excluding hydrogens is 364 g/mol. The van der Waals surface area contributed by atoms with E-state index >= 15 is 0 Å². The highest BCUT2D eigenvalue weighted by Gasteiger charge is 2.19. The van der Waals surface area contributed by atoms with Crippen molar-refractivity contribution in [1.82, 2.24) is 20.1 Å². The Morgan fingerprint density at radius 3 is 2.66 bits per heavy atom. The van der Waals surface area contributed by atoms with E-state index in [2.05, 4.69) is 33.9 Å². The highest BCUT2D eigenvalue weighted by molar-refractivity contribution is 5.40. The van der Waals surface area contributed by atoms with Gasteiger partial charge in [0.1, 0.15) is 18.1 Å². The molecule has 158 valence electrons. The number of aromatic nitrogens is 1. The Labute approximate surface area is 174 Å². The maximum atomic E-state index is 6.05. The Morgan fingerprint density at radius 2 is 1.97 bits per heavy atom. The van der Waals surface area contributed by atoms with Gasteiger partial charge >= 0.3 is 0 Å². The third kappa shape index (κ3) is 6.42. The number of rotatable bonds is 10. The molecule has 1 aromatic carbocycles. The molecule has 2 heterocycles. The van der Waals surface area contributed by atoms with E-state index < -0.39 is 0 Å². The van der Waals surface area contributed by atoms with E-state index in [-0.39, 0.29) is 0 Å². The Balaban J connectivity index is 1.53. The average molecular weight is 399 g/mol. The van der Waals surface area contributed by atoms with Crippen molar-refractivity contribution in [3.8, 4) is 11.5 Å². The van der Waals surface area contributed by atoms with Crippen LogP contribution < -0.4 is 14.8 Å². The smallest absolute Gasteiger partial charge is 0.130 e. The zero-order chi connectivity index (χ0) is 20.5. The summed E-state index contributed by atoms with van der Waals surface area (Å²) in [5.41, 5.74) is 2.02. The van der Waals surface area contributed by atoms with Crippen LogP contribution >= 0.6 is 0 Å². The van der Waals surface area contributed by atoms with Crippen LogP contribution in [-0.4, -0.2) is 67.2 Å². The fourth-order valence-corrected chi connectivity index (χ4v) is 3.66. The molecule has 0 saturated carbocycles. The predicted octanol–water partition coefficient (Wildman–Crippen LogP) is 2.78. The van der Waals surface area contributed by atoms with Crippen LogP contribution in [0.3, 0.4) is 0 Å². The predicted molar refractivity (Wildman–Crippen MR) is 116 cm³/mol. The van der Waals surface area contributed by atoms with Crippen molar-refractivity contribution in [2.24, 2.45) is 0 Å². The van der Waals surface area contributed by atoms with Crippen molar-refractivity contribution >= 4 is 0 Å². The summed E-state index contributed by atoms with van der Waals surface area (Å²) in [5, 5.41) is 3.61. The lowest BCUT2D eigenvalue weighted by Gasteiger charge is -2.37. The molecule has 1 saturated heterocycles. The van der Waals surface area contributed by atoms with Crippen LogP contribution in [0, 0.1) is 0 Å². The molecular formula is C23H34N4O2. The van der Waals surface area contributed by atoms with Gasteiger partial charge in [-0.2, -0.15) is 0 Å². The minimum atomic E-state index is 0.457. The van der Waals surface area contributed by atoms with Crippen molar-refractivity contribution in [2.45, 2.75) is 33.0 Å². The lowest BCUT2D eigenvalue weighted by atomic mass is 10.1. The first kappa shape index (κ1) is 21.6. The molecule has 1 N–H and O–H groups in total. The third-order valence-corrected chi connectivity index (χ3v) is 5.60. The zero-order valence-corrected chi connectivity index (χ0v) is 17.9. The van der Waals surface area contributed by atoms with E-state index in [0.29, 0.717) is 12.6 Å². The SMILES string of the molecule is CCN1CCN(C(C)CNCc2cc(OC)ccc2OCc2ccccn2)CC1. The molecule has 2 aromatic rings. The van der Waals surface area contributed by atoms with Crippen LogP contribution in [0.15, 0.2) is 42.6 Å². The van der Waals surface area contributed by atoms with Gasteiger partial charge in [-0.15, -0.1) is 0 Å². The zero-order valence-electron chi connectivity index (χ0n) is 17.9. The molecule has 3 rings (SSSR count). The molecule has 1 aliphatic rings. The third-order valence-electron chi connectivity index (χ3n) is 5.60. The number of benzene rings is 1. The van der Waals surface area contributed by atoms with Crippen LogP contribution in [-0.2, 0) is 13.2 Å². The summed E-state index contributed by atoms with van der Waals surface area (Å²) in [6.45, 7) is 12.5. The first-order chi connectivity index (χ1) is 14.2. The van der Waals surface area contributed by atoms with Gasteiger partial charge in [0.25, 0.3) is 0 Å². The molecule has 0 aliphatic carbocycles. The topological polar surface area (TPSA) is 49.9 Å². The number of ether oxygens (including phenoxy) is 2. The summed E-state index contributed by atoms with van der Waals surface area (Å²) >= 11 is 0. The van der Waals surface area contributed by atoms with Gasteiger partial charge < -0.3 is 19.7 Å². The van der Waals surface area contributed by atoms with E-state index in [9.17, 15) is 0 Å². The summed E-state index contributed by atoms with van der Waals surface area (Å²) in [5.74, 6) is 1.71. The molecule has 0 bridgehead atoms. The second kappa shape index (κ2) is 11.1. The molecule has 1 fully saturated rings. The fourth-order valence-electron chi connectivity index (χ4n) is 3.66. The molecule has 0 amide bonds. The largest absolute Gasteiger partial charge is 0.497 e. The average Bonchev–Trinajstić information content (AvgIpc) is 2.78. The molecule has 0 spiro atoms. The van der Waals surface area contributed by atoms with E-state index in [1.807, 2.05) is 36.4 Å². The van der Waals surface area contributed by atoms with Crippen LogP contribution in [0.4, 0.5) is 0 Å². The standard InChI is InChI=1S/C23H34N4O2/c1-4-26-11-13-27(14-12-26)19(2)16-24-17-20-15-22(28-3)8-9-23(20)29-18-21-7-5-6-10-25-21/h5-10,15,19,24H,4,11-14,16-18H2,1-3H3. The van der Waals surface area contributed by atoms with Crippen molar-refractivity contribution in [3.63, 3.8) is 0 Å². The summed E-state index contributed by atoms with van der Waals surface area (Å²) in [7, 11) is 1.69. The van der Waals surface area contributed by atoms with Crippen LogP contribution in [0.5, 0.6) is 11.5 Å². The van der Waals surface area contributed by atoms with E-state index in [4.69, 9.17) is 9.47 Å². The number of nitrogens with one attached hydrogen (secondary N) is 1. The number of hydrogen-bond donors (Lipinski definition) is 1. The number of likely N-dealkylation sites (N-methyl/N-ethyl adjacent to an activating group) is 1. The molecule has 1 unspecified atom stereocenters. The van der Waals surface area contributed by atoms with Crippen molar-refractivity contribution < 1.29 is 9.47 Å². The lowest BCUT2D eigenvalue weighted by Crippen LogP contribution is -2.51. The highest BCUT2D eigenvalue weighted by Crippen LogP contribution is 2.25. The van der Waals surface area contributed by atoms with Crippen LogP contribution in [0.25, 0.3) is 0 Å². The van der Waals surface area contributed by atoms with Gasteiger partial charge in [-0.1, -0.05) is 13.0 Å². The second-order valence-corrected chi connectivity index (χ2v) is 7.53. The first-order valence-electron chi connectivity index (χ1n) is 10.6. The lowest BCUT2D eigenvalue weighted by molar-refractivity contribution is 0.105. The van der Waals surface area contributed by atoms with Gasteiger partial charge in [0.15, 0.2) is 0 Å². The Hall–Kier alpha value is -2.15. The van der Waals surface area contributed by atoms with Crippen LogP contribution in [0.2, 0.25) is 0 Å². The monoisotopic (exact) mass is 398 g/mol. The van der Waals surface area contributed by atoms with Gasteiger partial charge in [0, 0.05) is 57.1 Å². The van der Waals surface area contributed by atoms with E-state index in [0.717, 1.165) is 55.5 Å². The number of nitrogens with zero attached hydrogens (tertiary/aromatic N) is 3. The normalized spacial score (nSPS) is 16.5. The maximum absolute atomic E-state index is 6.05. The minimum Gasteiger partial charge on any atom is -0.497 e. The van der Waals surface area contributed by atoms with Gasteiger partial charge in [0.2, 0.25) is 0 Å². The number of pyridine rings is 1. The number of hydrogen-bond acceptors (Lipinski definition) is 6. The number of methoxy groups -OCH3 is 1. The van der Waals surface area contributed by atoms with Crippen molar-refractivity contribution in [1.29, 1.82) is 0 Å². The van der Waals surface area contributed by atoms with Crippen molar-refractivity contribution in [2.75, 3.05) is 46.4 Å². The second-order valence-electron chi connectivity index (χ2n) is 7.53. The Morgan fingerprint density at radius 1 is 1.14 bits per heavy atom. The quantitative estimate of drug-likeness (QED) is 0.664. The number of piperazine rings is 1. The molecule has 0 radical (unpaired) electrons. The maximum Gasteiger partial charge on any atom is 0.130 e. The molecule has 1 aromatic heterocycles. The van der Waals surface area contributed by atoms with E-state index in [1.54, 1.807) is 13.3 Å². The molecule has 1 atom stereocenters. The summed E-state index contributed by atoms with van der Waals surface area (Å²) in [4.78, 5) is 9.42. The van der Waals surface area contributed by atoms with Crippen LogP contribution in [0.1, 0.15) is 25.1 Å². The van der Waals surface area contributed by atoms with Gasteiger partial charge in [-0.05, 0) is 43.8 Å². The fraction of sp³-hybridized carbons (Fsp3) is 0.522. The molecule has 6 nitrogen and oxygen atoms in total. The molecule has 29 heavy (non-hydrogen) atoms. The van der Waals surface area contributed by atoms with Gasteiger partial charge in [0.05, 0.1) is 12.8 Å². The highest BCUT2D eigenvalue weighted by atomic mass is 16.5. The van der Waals surface area contributed by atoms with Gasteiger partial charge in [-0.25, -0.2) is 0 Å². The first-order valence-corrected chi connectivity index (χ1v) is 10.6. The summed E-state index contributed by atoms with van der Waals surface area (Å²) in [6, 6.07) is 12.3. The Bertz CT molecular complexity index is 733. The minimum absolute atomic E-state index is 0.457. The van der Waals surface area contributed by atoms with E-state index in [1.165, 1.54) is 13.1 Å². The van der Waals surface area contributed by atoms with Crippen molar-refractivity contribution in [3.05, 3.63) is 53.9 Å². The molecule has 6 heteroatoms. The Kier molecular flexibility index (Phi) is 8.28. The van der Waals surface area contributed by atoms with Gasteiger partial charge in [-0.3, -0.25) is 9.88 Å². The molecule has 1 aliphatic heterocycles. The summed E-state index contributed by atoms with van der Waals surface area (Å²) < 4.78 is 11.5.